The van der Waals surface area contributed by atoms with E-state index in [1.54, 1.807) is 12.1 Å². The zero-order valence-corrected chi connectivity index (χ0v) is 17.0. The molecule has 0 atom stereocenters. The summed E-state index contributed by atoms with van der Waals surface area (Å²) in [5.41, 5.74) is 1.14. The highest BCUT2D eigenvalue weighted by Crippen LogP contribution is 2.33. The minimum absolute atomic E-state index is 0.154. The van der Waals surface area contributed by atoms with Crippen LogP contribution >= 0.6 is 0 Å². The smallest absolute Gasteiger partial charge is 0.444 e. The van der Waals surface area contributed by atoms with Gasteiger partial charge in [-0.25, -0.2) is 4.79 Å². The quantitative estimate of drug-likeness (QED) is 0.189. The van der Waals surface area contributed by atoms with Gasteiger partial charge in [-0.1, -0.05) is 18.7 Å². The molecule has 9 nitrogen and oxygen atoms in total. The number of anilines is 1. The highest BCUT2D eigenvalue weighted by atomic mass is 16.5. The predicted molar refractivity (Wildman–Crippen MR) is 113 cm³/mol. The molecule has 2 amide bonds. The van der Waals surface area contributed by atoms with Gasteiger partial charge in [0.2, 0.25) is 0 Å². The SMILES string of the molecule is C=C/C=C\C(=[NH2+])N(O)C(=O)Nc1cc2cn(C3CCC(O)CC3)nc2cc1OCC. The summed E-state index contributed by atoms with van der Waals surface area (Å²) in [5, 5.41) is 33.8. The van der Waals surface area contributed by atoms with E-state index in [0.29, 0.717) is 23.1 Å². The molecule has 0 unspecified atom stereocenters. The number of aliphatic hydroxyl groups is 1. The topological polar surface area (TPSA) is 125 Å². The number of amidine groups is 1. The molecule has 1 aromatic carbocycles. The molecule has 0 bridgehead atoms. The fraction of sp³-hybridized carbons (Fsp3) is 0.381. The van der Waals surface area contributed by atoms with Gasteiger partial charge in [0.1, 0.15) is 5.75 Å². The maximum atomic E-state index is 12.4. The highest BCUT2D eigenvalue weighted by molar-refractivity contribution is 6.05. The van der Waals surface area contributed by atoms with Crippen LogP contribution in [-0.2, 0) is 0 Å². The van der Waals surface area contributed by atoms with Crippen molar-refractivity contribution in [3.63, 3.8) is 0 Å². The summed E-state index contributed by atoms with van der Waals surface area (Å²) in [6, 6.07) is 2.92. The summed E-state index contributed by atoms with van der Waals surface area (Å²) < 4.78 is 7.58. The third-order valence-electron chi connectivity index (χ3n) is 5.05. The maximum Gasteiger partial charge on any atom is 0.444 e. The van der Waals surface area contributed by atoms with E-state index in [1.807, 2.05) is 17.8 Å². The van der Waals surface area contributed by atoms with E-state index in [9.17, 15) is 15.1 Å². The molecule has 5 N–H and O–H groups in total. The van der Waals surface area contributed by atoms with Gasteiger partial charge in [-0.2, -0.15) is 10.3 Å². The summed E-state index contributed by atoms with van der Waals surface area (Å²) in [6.07, 6.45) is 9.27. The number of ether oxygens (including phenoxy) is 1. The number of nitrogens with two attached hydrogens (primary N) is 1. The molecule has 160 valence electrons. The number of carbonyl (C=O) groups excluding carboxylic acids is 1. The first-order valence-electron chi connectivity index (χ1n) is 9.98. The maximum absolute atomic E-state index is 12.4. The molecule has 1 aliphatic carbocycles. The zero-order valence-electron chi connectivity index (χ0n) is 17.0. The van der Waals surface area contributed by atoms with Crippen molar-refractivity contribution in [1.82, 2.24) is 14.8 Å². The molecule has 9 heteroatoms. The fourth-order valence-corrected chi connectivity index (χ4v) is 3.48. The Morgan fingerprint density at radius 3 is 2.83 bits per heavy atom. The van der Waals surface area contributed by atoms with Crippen molar-refractivity contribution < 1.29 is 25.3 Å². The van der Waals surface area contributed by atoms with Gasteiger partial charge < -0.3 is 9.84 Å². The molecule has 0 aliphatic heterocycles. The number of urea groups is 1. The first kappa shape index (κ1) is 21.5. The molecule has 1 aromatic heterocycles. The highest BCUT2D eigenvalue weighted by Gasteiger charge is 2.25. The summed E-state index contributed by atoms with van der Waals surface area (Å²) in [6.45, 7) is 5.75. The second kappa shape index (κ2) is 9.55. The van der Waals surface area contributed by atoms with Crippen LogP contribution in [0.4, 0.5) is 10.5 Å². The number of fused-ring (bicyclic) bond motifs is 1. The number of carbonyl (C=O) groups is 1. The van der Waals surface area contributed by atoms with Crippen LogP contribution in [0, 0.1) is 0 Å². The lowest BCUT2D eigenvalue weighted by molar-refractivity contribution is -0.146. The van der Waals surface area contributed by atoms with Gasteiger partial charge in [0, 0.05) is 23.7 Å². The van der Waals surface area contributed by atoms with Crippen molar-refractivity contribution in [1.29, 1.82) is 0 Å². The second-order valence-corrected chi connectivity index (χ2v) is 7.17. The normalized spacial score (nSPS) is 19.0. The Balaban J connectivity index is 1.84. The number of nitrogens with one attached hydrogen (secondary N) is 1. The van der Waals surface area contributed by atoms with Crippen LogP contribution in [0.1, 0.15) is 38.6 Å². The number of aromatic nitrogens is 2. The third kappa shape index (κ3) is 4.87. The van der Waals surface area contributed by atoms with Gasteiger partial charge in [-0.15, -0.1) is 0 Å². The number of benzene rings is 1. The molecule has 1 heterocycles. The third-order valence-corrected chi connectivity index (χ3v) is 5.05. The molecule has 1 saturated carbocycles. The predicted octanol–water partition coefficient (Wildman–Crippen LogP) is 2.03. The first-order chi connectivity index (χ1) is 14.4. The molecular weight excluding hydrogens is 386 g/mol. The Kier molecular flexibility index (Phi) is 6.86. The Hall–Kier alpha value is -3.17. The molecule has 3 rings (SSSR count). The average Bonchev–Trinajstić information content (AvgIpc) is 3.15. The number of aliphatic hydroxyl groups excluding tert-OH is 1. The van der Waals surface area contributed by atoms with E-state index in [-0.39, 0.29) is 18.0 Å². The monoisotopic (exact) mass is 414 g/mol. The van der Waals surface area contributed by atoms with E-state index in [2.05, 4.69) is 17.0 Å². The van der Waals surface area contributed by atoms with Gasteiger partial charge in [0.15, 0.2) is 0 Å². The molecule has 1 aliphatic rings. The molecular formula is C21H28N5O4+. The number of allylic oxidation sites excluding steroid dienone is 2. The molecule has 30 heavy (non-hydrogen) atoms. The molecule has 0 radical (unpaired) electrons. The lowest BCUT2D eigenvalue weighted by Crippen LogP contribution is -2.52. The van der Waals surface area contributed by atoms with Crippen LogP contribution in [0.25, 0.3) is 10.9 Å². The van der Waals surface area contributed by atoms with Crippen molar-refractivity contribution in [3.8, 4) is 5.75 Å². The number of amides is 2. The van der Waals surface area contributed by atoms with Crippen molar-refractivity contribution in [2.75, 3.05) is 11.9 Å². The van der Waals surface area contributed by atoms with E-state index >= 15 is 0 Å². The van der Waals surface area contributed by atoms with Crippen molar-refractivity contribution in [2.24, 2.45) is 0 Å². The summed E-state index contributed by atoms with van der Waals surface area (Å²) in [7, 11) is 0. The standard InChI is InChI=1S/C21H27N5O4/c1-3-5-6-20(22)26(29)21(28)23-18-11-14-13-25(15-7-9-16(27)10-8-15)24-17(14)12-19(18)30-4-2/h3,5-6,11-13,15-16,22,27,29H,1,4,7-10H2,2H3,(H,23,28)/p+1/b6-5-,22-20?. The molecule has 1 fully saturated rings. The van der Waals surface area contributed by atoms with Gasteiger partial charge in [-0.05, 0) is 43.7 Å². The summed E-state index contributed by atoms with van der Waals surface area (Å²) in [5.74, 6) is 0.287. The number of hydrogen-bond acceptors (Lipinski definition) is 5. The van der Waals surface area contributed by atoms with E-state index < -0.39 is 6.03 Å². The lowest BCUT2D eigenvalue weighted by Gasteiger charge is -2.25. The van der Waals surface area contributed by atoms with Crippen molar-refractivity contribution in [3.05, 3.63) is 43.1 Å². The number of hydrogen-bond donors (Lipinski definition) is 4. The van der Waals surface area contributed by atoms with E-state index in [4.69, 9.17) is 10.1 Å². The van der Waals surface area contributed by atoms with Crippen LogP contribution in [0.3, 0.4) is 0 Å². The largest absolute Gasteiger partial charge is 0.492 e. The second-order valence-electron chi connectivity index (χ2n) is 7.17. The first-order valence-corrected chi connectivity index (χ1v) is 9.98. The lowest BCUT2D eigenvalue weighted by atomic mass is 9.93. The van der Waals surface area contributed by atoms with Gasteiger partial charge in [-0.3, -0.25) is 15.4 Å². The summed E-state index contributed by atoms with van der Waals surface area (Å²) >= 11 is 0. The van der Waals surface area contributed by atoms with Gasteiger partial charge in [0.05, 0.1) is 30.0 Å². The van der Waals surface area contributed by atoms with E-state index in [0.717, 1.165) is 36.6 Å². The van der Waals surface area contributed by atoms with E-state index in [1.165, 1.54) is 18.2 Å². The van der Waals surface area contributed by atoms with Crippen molar-refractivity contribution in [2.45, 2.75) is 44.8 Å². The van der Waals surface area contributed by atoms with Crippen molar-refractivity contribution >= 4 is 28.5 Å². The van der Waals surface area contributed by atoms with Crippen LogP contribution < -0.4 is 15.5 Å². The molecule has 0 saturated heterocycles. The number of hydroxylamine groups is 2. The molecule has 0 spiro atoms. The molecule has 2 aromatic rings. The van der Waals surface area contributed by atoms with Crippen LogP contribution in [0.5, 0.6) is 5.75 Å². The minimum Gasteiger partial charge on any atom is -0.492 e. The van der Waals surface area contributed by atoms with Gasteiger partial charge in [0.25, 0.3) is 0 Å². The minimum atomic E-state index is -0.824. The Morgan fingerprint density at radius 2 is 2.17 bits per heavy atom. The van der Waals surface area contributed by atoms with Gasteiger partial charge >= 0.3 is 11.9 Å². The number of nitrogens with zero attached hydrogens (tertiary/aromatic N) is 3. The van der Waals surface area contributed by atoms with Crippen LogP contribution in [0.15, 0.2) is 43.1 Å². The zero-order chi connectivity index (χ0) is 21.7. The Morgan fingerprint density at radius 1 is 1.43 bits per heavy atom. The Labute approximate surface area is 174 Å². The fourth-order valence-electron chi connectivity index (χ4n) is 3.48. The van der Waals surface area contributed by atoms with Crippen LogP contribution in [-0.4, -0.2) is 49.7 Å². The number of rotatable bonds is 6. The summed E-state index contributed by atoms with van der Waals surface area (Å²) in [4.78, 5) is 12.4. The Bertz CT molecular complexity index is 960. The van der Waals surface area contributed by atoms with Crippen LogP contribution in [0.2, 0.25) is 0 Å². The average molecular weight is 414 g/mol.